The average molecular weight is 297 g/mol. The lowest BCUT2D eigenvalue weighted by Crippen LogP contribution is -2.14. The average Bonchev–Trinajstić information content (AvgIpc) is 2.98. The van der Waals surface area contributed by atoms with E-state index in [0.717, 1.165) is 11.1 Å². The van der Waals surface area contributed by atoms with E-state index < -0.39 is 0 Å². The Hall–Kier alpha value is -2.89. The van der Waals surface area contributed by atoms with Crippen molar-refractivity contribution < 1.29 is 14.3 Å². The third-order valence-corrected chi connectivity index (χ3v) is 3.03. The van der Waals surface area contributed by atoms with Crippen LogP contribution in [0.15, 0.2) is 42.6 Å². The number of aromatic amines is 1. The van der Waals surface area contributed by atoms with Gasteiger partial charge in [0.2, 0.25) is 0 Å². The maximum atomic E-state index is 11.3. The number of pyridine rings is 1. The van der Waals surface area contributed by atoms with Gasteiger partial charge in [-0.25, -0.2) is 14.8 Å². The minimum absolute atomic E-state index is 0.112. The zero-order chi connectivity index (χ0) is 15.4. The molecule has 0 fully saturated rings. The molecular weight excluding hydrogens is 282 g/mol. The van der Waals surface area contributed by atoms with Crippen LogP contribution in [0.4, 0.5) is 0 Å². The maximum absolute atomic E-state index is 11.3. The molecule has 0 saturated heterocycles. The van der Waals surface area contributed by atoms with Gasteiger partial charge in [-0.1, -0.05) is 12.1 Å². The molecule has 0 bridgehead atoms. The minimum atomic E-state index is -0.388. The molecule has 0 aliphatic rings. The third-order valence-electron chi connectivity index (χ3n) is 3.03. The number of H-pyrrole nitrogens is 1. The normalized spacial score (nSPS) is 10.6. The second-order valence-corrected chi connectivity index (χ2v) is 4.58. The number of fused-ring (bicyclic) bond motifs is 1. The van der Waals surface area contributed by atoms with Gasteiger partial charge in [-0.15, -0.1) is 0 Å². The fourth-order valence-electron chi connectivity index (χ4n) is 2.06. The highest BCUT2D eigenvalue weighted by Crippen LogP contribution is 2.23. The van der Waals surface area contributed by atoms with Crippen LogP contribution in [0.3, 0.4) is 0 Å². The highest BCUT2D eigenvalue weighted by Gasteiger charge is 2.08. The number of benzene rings is 1. The molecule has 0 aliphatic carbocycles. The molecule has 3 rings (SSSR count). The summed E-state index contributed by atoms with van der Waals surface area (Å²) in [6.45, 7) is 1.99. The summed E-state index contributed by atoms with van der Waals surface area (Å²) in [6, 6.07) is 11.1. The van der Waals surface area contributed by atoms with E-state index in [2.05, 4.69) is 15.0 Å². The van der Waals surface area contributed by atoms with Gasteiger partial charge in [-0.2, -0.15) is 0 Å². The Morgan fingerprint density at radius 1 is 1.27 bits per heavy atom. The molecule has 6 heteroatoms. The molecule has 6 nitrogen and oxygen atoms in total. The molecule has 112 valence electrons. The minimum Gasteiger partial charge on any atom is -0.482 e. The molecule has 2 heterocycles. The number of carbonyl (C=O) groups excluding carboxylic acids is 1. The van der Waals surface area contributed by atoms with Crippen LogP contribution in [0.2, 0.25) is 0 Å². The van der Waals surface area contributed by atoms with E-state index in [1.165, 1.54) is 0 Å². The van der Waals surface area contributed by atoms with E-state index in [9.17, 15) is 4.79 Å². The second-order valence-electron chi connectivity index (χ2n) is 4.58. The van der Waals surface area contributed by atoms with Crippen molar-refractivity contribution in [1.29, 1.82) is 0 Å². The van der Waals surface area contributed by atoms with Crippen molar-refractivity contribution in [3.63, 3.8) is 0 Å². The molecule has 0 unspecified atom stereocenters. The van der Waals surface area contributed by atoms with Gasteiger partial charge in [0.25, 0.3) is 0 Å². The molecule has 1 N–H and O–H groups in total. The maximum Gasteiger partial charge on any atom is 0.344 e. The van der Waals surface area contributed by atoms with Crippen LogP contribution in [-0.4, -0.2) is 34.1 Å². The quantitative estimate of drug-likeness (QED) is 0.732. The summed E-state index contributed by atoms with van der Waals surface area (Å²) < 4.78 is 10.3. The van der Waals surface area contributed by atoms with Gasteiger partial charge in [0, 0.05) is 11.8 Å². The van der Waals surface area contributed by atoms with Gasteiger partial charge in [0.15, 0.2) is 12.3 Å². The van der Waals surface area contributed by atoms with E-state index in [4.69, 9.17) is 9.47 Å². The monoisotopic (exact) mass is 297 g/mol. The van der Waals surface area contributed by atoms with Gasteiger partial charge in [0.05, 0.1) is 12.1 Å². The summed E-state index contributed by atoms with van der Waals surface area (Å²) in [5.41, 5.74) is 2.39. The standard InChI is InChI=1S/C16H15N3O3/c1-2-21-14(20)10-22-12-6-3-5-11(9-12)15-18-13-7-4-8-17-16(13)19-15/h3-9H,2,10H2,1H3,(H,17,18,19). The van der Waals surface area contributed by atoms with E-state index in [1.54, 1.807) is 19.2 Å². The zero-order valence-corrected chi connectivity index (χ0v) is 12.1. The van der Waals surface area contributed by atoms with E-state index in [1.807, 2.05) is 30.3 Å². The molecule has 22 heavy (non-hydrogen) atoms. The predicted octanol–water partition coefficient (Wildman–Crippen LogP) is 2.57. The van der Waals surface area contributed by atoms with Crippen LogP contribution >= 0.6 is 0 Å². The predicted molar refractivity (Wildman–Crippen MR) is 81.5 cm³/mol. The van der Waals surface area contributed by atoms with Gasteiger partial charge in [0.1, 0.15) is 11.6 Å². The Balaban J connectivity index is 1.80. The molecular formula is C16H15N3O3. The first-order chi connectivity index (χ1) is 10.8. The number of esters is 1. The first-order valence-corrected chi connectivity index (χ1v) is 6.96. The van der Waals surface area contributed by atoms with Crippen molar-refractivity contribution in [2.45, 2.75) is 6.92 Å². The number of aromatic nitrogens is 3. The lowest BCUT2D eigenvalue weighted by atomic mass is 10.2. The Labute approximate surface area is 127 Å². The summed E-state index contributed by atoms with van der Waals surface area (Å²) in [5, 5.41) is 0. The van der Waals surface area contributed by atoms with Crippen LogP contribution in [0.25, 0.3) is 22.6 Å². The summed E-state index contributed by atoms with van der Waals surface area (Å²) >= 11 is 0. The second kappa shape index (κ2) is 6.26. The molecule has 3 aromatic rings. The van der Waals surface area contributed by atoms with Crippen LogP contribution in [0.1, 0.15) is 6.92 Å². The lowest BCUT2D eigenvalue weighted by Gasteiger charge is -2.06. The first-order valence-electron chi connectivity index (χ1n) is 6.96. The highest BCUT2D eigenvalue weighted by atomic mass is 16.6. The van der Waals surface area contributed by atoms with Crippen LogP contribution < -0.4 is 4.74 Å². The Bertz CT molecular complexity index is 765. The number of hydrogen-bond donors (Lipinski definition) is 1. The van der Waals surface area contributed by atoms with Gasteiger partial charge >= 0.3 is 5.97 Å². The molecule has 0 spiro atoms. The fourth-order valence-corrected chi connectivity index (χ4v) is 2.06. The number of nitrogens with zero attached hydrogens (tertiary/aromatic N) is 2. The lowest BCUT2D eigenvalue weighted by molar-refractivity contribution is -0.145. The van der Waals surface area contributed by atoms with Crippen LogP contribution in [-0.2, 0) is 9.53 Å². The van der Waals surface area contributed by atoms with Crippen molar-refractivity contribution in [3.05, 3.63) is 42.6 Å². The number of nitrogens with one attached hydrogen (secondary N) is 1. The third kappa shape index (κ3) is 3.06. The summed E-state index contributed by atoms with van der Waals surface area (Å²) in [5.74, 6) is 0.898. The smallest absolute Gasteiger partial charge is 0.344 e. The molecule has 0 amide bonds. The number of imidazole rings is 1. The van der Waals surface area contributed by atoms with Gasteiger partial charge in [-0.3, -0.25) is 0 Å². The summed E-state index contributed by atoms with van der Waals surface area (Å²) in [4.78, 5) is 23.1. The van der Waals surface area contributed by atoms with E-state index in [-0.39, 0.29) is 12.6 Å². The van der Waals surface area contributed by atoms with Crippen molar-refractivity contribution in [2.75, 3.05) is 13.2 Å². The van der Waals surface area contributed by atoms with Crippen LogP contribution in [0, 0.1) is 0 Å². The Morgan fingerprint density at radius 3 is 3.00 bits per heavy atom. The number of carbonyl (C=O) groups is 1. The van der Waals surface area contributed by atoms with E-state index in [0.29, 0.717) is 23.8 Å². The topological polar surface area (TPSA) is 77.1 Å². The molecule has 0 aliphatic heterocycles. The number of hydrogen-bond acceptors (Lipinski definition) is 5. The molecule has 2 aromatic heterocycles. The highest BCUT2D eigenvalue weighted by molar-refractivity contribution is 5.76. The molecule has 0 radical (unpaired) electrons. The number of rotatable bonds is 5. The van der Waals surface area contributed by atoms with Gasteiger partial charge < -0.3 is 14.5 Å². The zero-order valence-electron chi connectivity index (χ0n) is 12.1. The molecule has 1 aromatic carbocycles. The first kappa shape index (κ1) is 14.1. The SMILES string of the molecule is CCOC(=O)COc1cccc(-c2nc3ncccc3[nH]2)c1. The summed E-state index contributed by atoms with van der Waals surface area (Å²) in [7, 11) is 0. The Morgan fingerprint density at radius 2 is 2.18 bits per heavy atom. The summed E-state index contributed by atoms with van der Waals surface area (Å²) in [6.07, 6.45) is 1.70. The molecule has 0 atom stereocenters. The van der Waals surface area contributed by atoms with E-state index >= 15 is 0 Å². The van der Waals surface area contributed by atoms with Crippen LogP contribution in [0.5, 0.6) is 5.75 Å². The number of ether oxygens (including phenoxy) is 2. The largest absolute Gasteiger partial charge is 0.482 e. The molecule has 0 saturated carbocycles. The van der Waals surface area contributed by atoms with Crippen molar-refractivity contribution >= 4 is 17.1 Å². The van der Waals surface area contributed by atoms with Crippen molar-refractivity contribution in [2.24, 2.45) is 0 Å². The van der Waals surface area contributed by atoms with Crippen molar-refractivity contribution in [3.8, 4) is 17.1 Å². The fraction of sp³-hybridized carbons (Fsp3) is 0.188. The Kier molecular flexibility index (Phi) is 4.00. The van der Waals surface area contributed by atoms with Gasteiger partial charge in [-0.05, 0) is 31.2 Å². The van der Waals surface area contributed by atoms with Crippen molar-refractivity contribution in [1.82, 2.24) is 15.0 Å².